The van der Waals surface area contributed by atoms with Gasteiger partial charge in [-0.1, -0.05) is 36.4 Å². The number of methoxy groups -OCH3 is 3. The summed E-state index contributed by atoms with van der Waals surface area (Å²) in [5.41, 5.74) is 2.79. The van der Waals surface area contributed by atoms with Crippen molar-refractivity contribution in [3.8, 4) is 17.2 Å². The van der Waals surface area contributed by atoms with Crippen LogP contribution in [0.2, 0.25) is 0 Å². The van der Waals surface area contributed by atoms with Crippen molar-refractivity contribution in [2.45, 2.75) is 19.4 Å². The fourth-order valence-corrected chi connectivity index (χ4v) is 4.02. The topological polar surface area (TPSA) is 74.0 Å². The van der Waals surface area contributed by atoms with E-state index in [1.54, 1.807) is 50.6 Å². The summed E-state index contributed by atoms with van der Waals surface area (Å²) in [7, 11) is 4.78. The van der Waals surface area contributed by atoms with Crippen molar-refractivity contribution in [2.24, 2.45) is 0 Å². The molecule has 2 aromatic carbocycles. The summed E-state index contributed by atoms with van der Waals surface area (Å²) in [6.07, 6.45) is 2.81. The first-order valence-corrected chi connectivity index (χ1v) is 11.7. The molecule has 0 aliphatic carbocycles. The van der Waals surface area contributed by atoms with Crippen molar-refractivity contribution in [1.82, 2.24) is 9.88 Å². The molecule has 0 spiro atoms. The Bertz CT molecular complexity index is 1250. The Kier molecular flexibility index (Phi) is 8.24. The van der Waals surface area contributed by atoms with Gasteiger partial charge in [-0.25, -0.2) is 0 Å². The molecule has 0 N–H and O–H groups in total. The first-order valence-electron chi connectivity index (χ1n) is 11.7. The monoisotopic (exact) mass is 486 g/mol. The minimum Gasteiger partial charge on any atom is -0.496 e. The average molecular weight is 487 g/mol. The molecule has 0 aliphatic rings. The minimum absolute atomic E-state index is 0.172. The zero-order valence-electron chi connectivity index (χ0n) is 20.8. The van der Waals surface area contributed by atoms with Gasteiger partial charge >= 0.3 is 0 Å². The third-order valence-corrected chi connectivity index (χ3v) is 5.91. The Morgan fingerprint density at radius 2 is 1.61 bits per heavy atom. The number of pyridine rings is 1. The molecule has 0 fully saturated rings. The van der Waals surface area contributed by atoms with E-state index < -0.39 is 0 Å². The van der Waals surface area contributed by atoms with E-state index >= 15 is 0 Å². The lowest BCUT2D eigenvalue weighted by atomic mass is 10.1. The molecule has 4 aromatic rings. The quantitative estimate of drug-likeness (QED) is 0.291. The third-order valence-electron chi connectivity index (χ3n) is 5.91. The summed E-state index contributed by atoms with van der Waals surface area (Å²) in [5.74, 6) is 2.62. The van der Waals surface area contributed by atoms with E-state index in [1.807, 2.05) is 54.6 Å². The summed E-state index contributed by atoms with van der Waals surface area (Å²) >= 11 is 0. The highest BCUT2D eigenvalue weighted by atomic mass is 16.5. The summed E-state index contributed by atoms with van der Waals surface area (Å²) in [6.45, 7) is 0.990. The molecule has 0 saturated heterocycles. The molecule has 0 aliphatic heterocycles. The SMILES string of the molecule is COc1cc(OC)c(Cc2ccc(C(=O)N(CCc3ccccn3)Cc3ccccc3)o2)c(OC)c1. The van der Waals surface area contributed by atoms with Crippen molar-refractivity contribution in [2.75, 3.05) is 27.9 Å². The Morgan fingerprint density at radius 1 is 0.889 bits per heavy atom. The Balaban J connectivity index is 1.55. The molecule has 0 saturated carbocycles. The van der Waals surface area contributed by atoms with Crippen LogP contribution in [-0.2, 0) is 19.4 Å². The van der Waals surface area contributed by atoms with Crippen molar-refractivity contribution in [1.29, 1.82) is 0 Å². The van der Waals surface area contributed by atoms with Crippen molar-refractivity contribution < 1.29 is 23.4 Å². The van der Waals surface area contributed by atoms with Crippen LogP contribution in [-0.4, -0.2) is 43.7 Å². The molecule has 7 nitrogen and oxygen atoms in total. The van der Waals surface area contributed by atoms with Gasteiger partial charge in [-0.05, 0) is 29.8 Å². The molecule has 2 heterocycles. The van der Waals surface area contributed by atoms with Crippen LogP contribution >= 0.6 is 0 Å². The first kappa shape index (κ1) is 24.9. The van der Waals surface area contributed by atoms with Gasteiger partial charge in [0.1, 0.15) is 23.0 Å². The van der Waals surface area contributed by atoms with Gasteiger partial charge in [0.05, 0.1) is 21.3 Å². The number of benzene rings is 2. The number of rotatable bonds is 11. The van der Waals surface area contributed by atoms with Crippen LogP contribution in [0.5, 0.6) is 17.2 Å². The van der Waals surface area contributed by atoms with Crippen LogP contribution in [0, 0.1) is 0 Å². The maximum Gasteiger partial charge on any atom is 0.289 e. The fourth-order valence-electron chi connectivity index (χ4n) is 4.02. The summed E-state index contributed by atoms with van der Waals surface area (Å²) < 4.78 is 22.5. The molecule has 0 unspecified atom stereocenters. The van der Waals surface area contributed by atoms with Gasteiger partial charge in [0.15, 0.2) is 5.76 Å². The number of hydrogen-bond acceptors (Lipinski definition) is 6. The largest absolute Gasteiger partial charge is 0.496 e. The number of amides is 1. The molecule has 36 heavy (non-hydrogen) atoms. The zero-order valence-corrected chi connectivity index (χ0v) is 20.8. The van der Waals surface area contributed by atoms with Crippen LogP contribution in [0.25, 0.3) is 0 Å². The van der Waals surface area contributed by atoms with Crippen molar-refractivity contribution in [3.05, 3.63) is 107 Å². The van der Waals surface area contributed by atoms with Crippen LogP contribution in [0.3, 0.4) is 0 Å². The van der Waals surface area contributed by atoms with E-state index in [-0.39, 0.29) is 11.7 Å². The lowest BCUT2D eigenvalue weighted by molar-refractivity contribution is 0.0710. The van der Waals surface area contributed by atoms with Gasteiger partial charge in [0.2, 0.25) is 0 Å². The summed E-state index contributed by atoms with van der Waals surface area (Å²) in [6, 6.07) is 22.9. The molecule has 4 rings (SSSR count). The molecule has 2 aromatic heterocycles. The van der Waals surface area contributed by atoms with Crippen molar-refractivity contribution >= 4 is 5.91 Å². The van der Waals surface area contributed by atoms with Crippen LogP contribution in [0.4, 0.5) is 0 Å². The minimum atomic E-state index is -0.172. The predicted molar refractivity (Wildman–Crippen MR) is 137 cm³/mol. The molecule has 7 heteroatoms. The van der Waals surface area contributed by atoms with E-state index in [2.05, 4.69) is 4.98 Å². The standard InChI is InChI=1S/C29H30N2O5/c1-33-24-18-27(34-2)25(28(19-24)35-3)17-23-12-13-26(36-23)29(32)31(20-21-9-5-4-6-10-21)16-14-22-11-7-8-15-30-22/h4-13,15,18-19H,14,16-17,20H2,1-3H3. The van der Waals surface area contributed by atoms with E-state index in [4.69, 9.17) is 18.6 Å². The van der Waals surface area contributed by atoms with E-state index in [0.29, 0.717) is 48.9 Å². The second-order valence-electron chi connectivity index (χ2n) is 8.24. The van der Waals surface area contributed by atoms with Gasteiger partial charge in [0, 0.05) is 55.5 Å². The Labute approximate surface area is 211 Å². The van der Waals surface area contributed by atoms with Gasteiger partial charge in [-0.15, -0.1) is 0 Å². The predicted octanol–water partition coefficient (Wildman–Crippen LogP) is 5.18. The second-order valence-corrected chi connectivity index (χ2v) is 8.24. The maximum atomic E-state index is 13.5. The Hall–Kier alpha value is -4.26. The van der Waals surface area contributed by atoms with Crippen molar-refractivity contribution in [3.63, 3.8) is 0 Å². The number of hydrogen-bond donors (Lipinski definition) is 0. The molecule has 0 radical (unpaired) electrons. The van der Waals surface area contributed by atoms with Crippen LogP contribution in [0.15, 0.2) is 83.4 Å². The maximum absolute atomic E-state index is 13.5. The number of nitrogens with zero attached hydrogens (tertiary/aromatic N) is 2. The highest BCUT2D eigenvalue weighted by Crippen LogP contribution is 2.36. The second kappa shape index (κ2) is 11.9. The molecule has 0 atom stereocenters. The molecular weight excluding hydrogens is 456 g/mol. The number of carbonyl (C=O) groups is 1. The van der Waals surface area contributed by atoms with Gasteiger partial charge in [0.25, 0.3) is 5.91 Å². The number of aromatic nitrogens is 1. The summed E-state index contributed by atoms with van der Waals surface area (Å²) in [5, 5.41) is 0. The third kappa shape index (κ3) is 6.05. The molecule has 0 bridgehead atoms. The first-order chi connectivity index (χ1) is 17.6. The fraction of sp³-hybridized carbons (Fsp3) is 0.241. The van der Waals surface area contributed by atoms with Crippen LogP contribution in [0.1, 0.15) is 33.1 Å². The highest BCUT2D eigenvalue weighted by molar-refractivity contribution is 5.91. The van der Waals surface area contributed by atoms with Gasteiger partial charge in [-0.3, -0.25) is 9.78 Å². The van der Waals surface area contributed by atoms with Gasteiger partial charge < -0.3 is 23.5 Å². The lowest BCUT2D eigenvalue weighted by Crippen LogP contribution is -2.32. The lowest BCUT2D eigenvalue weighted by Gasteiger charge is -2.22. The Morgan fingerprint density at radius 3 is 2.25 bits per heavy atom. The normalized spacial score (nSPS) is 10.6. The van der Waals surface area contributed by atoms with Gasteiger partial charge in [-0.2, -0.15) is 0 Å². The summed E-state index contributed by atoms with van der Waals surface area (Å²) in [4.78, 5) is 19.7. The number of ether oxygens (including phenoxy) is 3. The number of furan rings is 1. The van der Waals surface area contributed by atoms with E-state index in [9.17, 15) is 4.79 Å². The molecule has 1 amide bonds. The smallest absolute Gasteiger partial charge is 0.289 e. The average Bonchev–Trinajstić information content (AvgIpc) is 3.40. The molecule has 186 valence electrons. The van der Waals surface area contributed by atoms with E-state index in [0.717, 1.165) is 16.8 Å². The number of carbonyl (C=O) groups excluding carboxylic acids is 1. The highest BCUT2D eigenvalue weighted by Gasteiger charge is 2.22. The van der Waals surface area contributed by atoms with Crippen LogP contribution < -0.4 is 14.2 Å². The molecular formula is C29H30N2O5. The van der Waals surface area contributed by atoms with E-state index in [1.165, 1.54) is 0 Å². The zero-order chi connectivity index (χ0) is 25.3.